The largest absolute Gasteiger partial charge is 0.495 e. The normalized spacial score (nSPS) is 18.0. The highest BCUT2D eigenvalue weighted by atomic mass is 35.5. The fourth-order valence-corrected chi connectivity index (χ4v) is 6.46. The Bertz CT molecular complexity index is 1440. The Morgan fingerprint density at radius 2 is 1.87 bits per heavy atom. The molecule has 0 amide bonds. The van der Waals surface area contributed by atoms with Crippen LogP contribution in [0.15, 0.2) is 47.5 Å². The van der Waals surface area contributed by atoms with E-state index >= 15 is 0 Å². The molecule has 1 aliphatic carbocycles. The van der Waals surface area contributed by atoms with Gasteiger partial charge in [-0.1, -0.05) is 23.7 Å². The van der Waals surface area contributed by atoms with Crippen molar-refractivity contribution in [2.45, 2.75) is 49.3 Å². The summed E-state index contributed by atoms with van der Waals surface area (Å²) in [5.41, 5.74) is 3.74. The van der Waals surface area contributed by atoms with Crippen LogP contribution in [-0.2, 0) is 27.4 Å². The van der Waals surface area contributed by atoms with E-state index in [1.165, 1.54) is 17.3 Å². The molecule has 1 aromatic heterocycles. The predicted molar refractivity (Wildman–Crippen MR) is 154 cm³/mol. The Morgan fingerprint density at radius 1 is 1.10 bits per heavy atom. The van der Waals surface area contributed by atoms with E-state index in [4.69, 9.17) is 21.1 Å². The maximum Gasteiger partial charge on any atom is 0.229 e. The topological polar surface area (TPSA) is 106 Å². The monoisotopic (exact) mass is 571 g/mol. The molecule has 1 atom stereocenters. The first kappa shape index (κ1) is 27.6. The highest BCUT2D eigenvalue weighted by Crippen LogP contribution is 2.36. The molecular formula is C28H34ClN5O4S. The van der Waals surface area contributed by atoms with E-state index in [0.29, 0.717) is 29.2 Å². The van der Waals surface area contributed by atoms with E-state index in [-0.39, 0.29) is 9.92 Å². The van der Waals surface area contributed by atoms with Crippen LogP contribution in [0.2, 0.25) is 5.02 Å². The number of ether oxygens (including phenoxy) is 2. The quantitative estimate of drug-likeness (QED) is 0.386. The number of hydrogen-bond acceptors (Lipinski definition) is 9. The van der Waals surface area contributed by atoms with Crippen molar-refractivity contribution in [1.82, 2.24) is 14.9 Å². The molecule has 2 aliphatic rings. The van der Waals surface area contributed by atoms with Gasteiger partial charge in [-0.3, -0.25) is 4.90 Å². The van der Waals surface area contributed by atoms with Gasteiger partial charge in [-0.25, -0.2) is 13.4 Å². The predicted octanol–water partition coefficient (Wildman–Crippen LogP) is 5.00. The summed E-state index contributed by atoms with van der Waals surface area (Å²) in [6, 6.07) is 11.5. The van der Waals surface area contributed by atoms with Gasteiger partial charge in [-0.15, -0.1) is 0 Å². The minimum Gasteiger partial charge on any atom is -0.495 e. The molecule has 1 fully saturated rings. The number of nitrogens with zero attached hydrogens (tertiary/aromatic N) is 3. The van der Waals surface area contributed by atoms with Crippen molar-refractivity contribution in [3.63, 3.8) is 0 Å². The summed E-state index contributed by atoms with van der Waals surface area (Å²) in [4.78, 5) is 11.6. The number of halogens is 1. The second-order valence-electron chi connectivity index (χ2n) is 10.1. The third kappa shape index (κ3) is 5.99. The highest BCUT2D eigenvalue weighted by molar-refractivity contribution is 7.92. The SMILES string of the molecule is COc1cc2c(cc1Nc1ncc(Cl)c(Nc3ccccc3S(=O)(=O)C(C)C)n1)CCC(N1CCOCC1)C2. The second-order valence-corrected chi connectivity index (χ2v) is 13.0. The number of aromatic nitrogens is 2. The van der Waals surface area contributed by atoms with E-state index in [9.17, 15) is 8.42 Å². The number of fused-ring (bicyclic) bond motifs is 1. The number of rotatable bonds is 8. The van der Waals surface area contributed by atoms with E-state index in [2.05, 4.69) is 37.6 Å². The molecule has 0 radical (unpaired) electrons. The number of nitrogens with one attached hydrogen (secondary N) is 2. The molecule has 0 saturated carbocycles. The van der Waals surface area contributed by atoms with Gasteiger partial charge >= 0.3 is 0 Å². The Labute approximate surface area is 234 Å². The first-order valence-electron chi connectivity index (χ1n) is 13.2. The van der Waals surface area contributed by atoms with Crippen LogP contribution in [0.25, 0.3) is 0 Å². The average Bonchev–Trinajstić information content (AvgIpc) is 2.94. The van der Waals surface area contributed by atoms with Gasteiger partial charge in [0.05, 0.1) is 48.0 Å². The number of morpholine rings is 1. The van der Waals surface area contributed by atoms with Crippen LogP contribution in [0.5, 0.6) is 5.75 Å². The summed E-state index contributed by atoms with van der Waals surface area (Å²) >= 11 is 6.41. The Kier molecular flexibility index (Phi) is 8.27. The molecule has 1 saturated heterocycles. The number of sulfone groups is 1. The number of aryl methyl sites for hydroxylation is 1. The second kappa shape index (κ2) is 11.7. The minimum atomic E-state index is -3.52. The van der Waals surface area contributed by atoms with E-state index in [1.807, 2.05) is 0 Å². The van der Waals surface area contributed by atoms with Crippen LogP contribution >= 0.6 is 11.6 Å². The van der Waals surface area contributed by atoms with Gasteiger partial charge in [0.15, 0.2) is 15.7 Å². The van der Waals surface area contributed by atoms with Crippen LogP contribution in [0.3, 0.4) is 0 Å². The minimum absolute atomic E-state index is 0.191. The Morgan fingerprint density at radius 3 is 2.62 bits per heavy atom. The van der Waals surface area contributed by atoms with E-state index in [1.54, 1.807) is 45.2 Å². The third-order valence-corrected chi connectivity index (χ3v) is 9.83. The van der Waals surface area contributed by atoms with Gasteiger partial charge < -0.3 is 20.1 Å². The van der Waals surface area contributed by atoms with Crippen molar-refractivity contribution < 1.29 is 17.9 Å². The van der Waals surface area contributed by atoms with Crippen molar-refractivity contribution in [2.24, 2.45) is 0 Å². The lowest BCUT2D eigenvalue weighted by Crippen LogP contribution is -2.45. The van der Waals surface area contributed by atoms with Crippen LogP contribution in [0, 0.1) is 0 Å². The zero-order valence-corrected chi connectivity index (χ0v) is 24.0. The fraction of sp³-hybridized carbons (Fsp3) is 0.429. The van der Waals surface area contributed by atoms with E-state index < -0.39 is 15.1 Å². The van der Waals surface area contributed by atoms with Crippen molar-refractivity contribution in [1.29, 1.82) is 0 Å². The maximum atomic E-state index is 12.9. The van der Waals surface area contributed by atoms with Crippen molar-refractivity contribution >= 4 is 44.6 Å². The zero-order chi connectivity index (χ0) is 27.6. The summed E-state index contributed by atoms with van der Waals surface area (Å²) in [5, 5.41) is 6.07. The summed E-state index contributed by atoms with van der Waals surface area (Å²) in [5.74, 6) is 1.31. The van der Waals surface area contributed by atoms with E-state index in [0.717, 1.165) is 51.3 Å². The van der Waals surface area contributed by atoms with Crippen molar-refractivity contribution in [3.8, 4) is 5.75 Å². The lowest BCUT2D eigenvalue weighted by molar-refractivity contribution is 0.0137. The standard InChI is InChI=1S/C28H34ClN5O4S/c1-18(2)39(35,36)26-7-5-4-6-23(26)31-27-22(29)17-30-28(33-27)32-24-15-19-8-9-21(34-10-12-38-13-11-34)14-20(19)16-25(24)37-3/h4-7,15-18,21H,8-14H2,1-3H3,(H2,30,31,32,33). The molecule has 0 bridgehead atoms. The molecule has 1 unspecified atom stereocenters. The Balaban J connectivity index is 1.38. The summed E-state index contributed by atoms with van der Waals surface area (Å²) < 4.78 is 37.0. The lowest BCUT2D eigenvalue weighted by atomic mass is 9.86. The van der Waals surface area contributed by atoms with Crippen molar-refractivity contribution in [3.05, 3.63) is 58.7 Å². The third-order valence-electron chi connectivity index (χ3n) is 7.34. The van der Waals surface area contributed by atoms with Crippen LogP contribution in [0.1, 0.15) is 31.4 Å². The van der Waals surface area contributed by atoms with Gasteiger partial charge in [0.1, 0.15) is 10.8 Å². The van der Waals surface area contributed by atoms with Crippen LogP contribution in [-0.4, -0.2) is 68.0 Å². The molecule has 2 N–H and O–H groups in total. The number of methoxy groups -OCH3 is 1. The maximum absolute atomic E-state index is 12.9. The number of anilines is 4. The number of hydrogen-bond donors (Lipinski definition) is 2. The van der Waals surface area contributed by atoms with Gasteiger partial charge in [0, 0.05) is 19.1 Å². The summed E-state index contributed by atoms with van der Waals surface area (Å²) in [6.45, 7) is 6.87. The summed E-state index contributed by atoms with van der Waals surface area (Å²) in [7, 11) is -1.87. The van der Waals surface area contributed by atoms with Crippen LogP contribution < -0.4 is 15.4 Å². The number of para-hydroxylation sites is 1. The molecule has 11 heteroatoms. The smallest absolute Gasteiger partial charge is 0.229 e. The molecule has 39 heavy (non-hydrogen) atoms. The molecule has 2 heterocycles. The van der Waals surface area contributed by atoms with Gasteiger partial charge in [-0.2, -0.15) is 4.98 Å². The molecule has 1 aliphatic heterocycles. The number of benzene rings is 2. The summed E-state index contributed by atoms with van der Waals surface area (Å²) in [6.07, 6.45) is 4.54. The van der Waals surface area contributed by atoms with Gasteiger partial charge in [0.25, 0.3) is 0 Å². The zero-order valence-electron chi connectivity index (χ0n) is 22.4. The first-order valence-corrected chi connectivity index (χ1v) is 15.1. The molecule has 2 aromatic carbocycles. The van der Waals surface area contributed by atoms with Gasteiger partial charge in [0.2, 0.25) is 5.95 Å². The molecule has 208 valence electrons. The molecular weight excluding hydrogens is 538 g/mol. The van der Waals surface area contributed by atoms with Gasteiger partial charge in [-0.05, 0) is 68.5 Å². The highest BCUT2D eigenvalue weighted by Gasteiger charge is 2.27. The lowest BCUT2D eigenvalue weighted by Gasteiger charge is -2.37. The molecule has 3 aromatic rings. The Hall–Kier alpha value is -2.92. The fourth-order valence-electron chi connectivity index (χ4n) is 5.12. The average molecular weight is 572 g/mol. The molecule has 5 rings (SSSR count). The molecule has 0 spiro atoms. The first-order chi connectivity index (χ1) is 18.8. The van der Waals surface area contributed by atoms with Crippen LogP contribution in [0.4, 0.5) is 23.1 Å². The van der Waals surface area contributed by atoms with Crippen molar-refractivity contribution in [2.75, 3.05) is 44.0 Å². The molecule has 9 nitrogen and oxygen atoms in total.